The summed E-state index contributed by atoms with van der Waals surface area (Å²) in [5.74, 6) is 0.214. The van der Waals surface area contributed by atoms with Gasteiger partial charge in [-0.05, 0) is 54.8 Å². The third-order valence-electron chi connectivity index (χ3n) is 5.55. The second-order valence-corrected chi connectivity index (χ2v) is 10.4. The highest BCUT2D eigenvalue weighted by molar-refractivity contribution is 7.92. The second kappa shape index (κ2) is 12.0. The largest absolute Gasteiger partial charge is 0.497 e. The number of sulfonamides is 1. The Hall–Kier alpha value is -3.51. The molecule has 0 saturated carbocycles. The third kappa shape index (κ3) is 7.25. The number of rotatable bonds is 10. The number of carbonyl (C=O) groups is 2. The van der Waals surface area contributed by atoms with Crippen LogP contribution in [0.5, 0.6) is 5.75 Å². The Morgan fingerprint density at radius 1 is 1.08 bits per heavy atom. The number of nitrogens with zero attached hydrogens (tertiary/aromatic N) is 1. The van der Waals surface area contributed by atoms with Crippen molar-refractivity contribution in [2.24, 2.45) is 11.7 Å². The topological polar surface area (TPSA) is 152 Å². The van der Waals surface area contributed by atoms with Crippen molar-refractivity contribution in [3.63, 3.8) is 0 Å². The molecule has 0 aromatic heterocycles. The van der Waals surface area contributed by atoms with E-state index in [4.69, 9.17) is 15.2 Å². The summed E-state index contributed by atoms with van der Waals surface area (Å²) in [5, 5.41) is 5.16. The molecule has 0 radical (unpaired) electrons. The highest BCUT2D eigenvalue weighted by Gasteiger charge is 2.26. The normalized spacial score (nSPS) is 14.7. The molecule has 0 unspecified atom stereocenters. The van der Waals surface area contributed by atoms with E-state index in [2.05, 4.69) is 15.4 Å². The number of ether oxygens (including phenoxy) is 2. The zero-order valence-corrected chi connectivity index (χ0v) is 21.4. The molecule has 3 rings (SSSR count). The van der Waals surface area contributed by atoms with Crippen LogP contribution in [-0.4, -0.2) is 59.8 Å². The lowest BCUT2D eigenvalue weighted by atomic mass is 10.0. The number of benzene rings is 2. The maximum Gasteiger partial charge on any atom is 0.312 e. The molecule has 3 amide bonds. The number of nitrogens with two attached hydrogens (primary N) is 1. The summed E-state index contributed by atoms with van der Waals surface area (Å²) in [6.07, 6.45) is 0.366. The third-order valence-corrected chi connectivity index (χ3v) is 6.96. The van der Waals surface area contributed by atoms with Gasteiger partial charge in [-0.1, -0.05) is 13.8 Å². The lowest BCUT2D eigenvalue weighted by Gasteiger charge is -2.30. The monoisotopic (exact) mass is 519 g/mol. The van der Waals surface area contributed by atoms with Crippen molar-refractivity contribution in [1.82, 2.24) is 5.32 Å². The molecular weight excluding hydrogens is 486 g/mol. The van der Waals surface area contributed by atoms with E-state index >= 15 is 0 Å². The standard InChI is InChI=1S/C24H33N5O6S/c1-16(2)14-20(27-24(25)31)23(30)26-18-6-9-21(29-10-12-35-13-11-29)22(15-18)36(32,33)28-17-4-7-19(34-3)8-5-17/h4-9,15-16,20,28H,10-14H2,1-3H3,(H,26,30)(H3,25,27,31)/t20-/m1/s1. The van der Waals surface area contributed by atoms with E-state index in [1.165, 1.54) is 13.2 Å². The van der Waals surface area contributed by atoms with Crippen LogP contribution in [0.1, 0.15) is 20.3 Å². The molecule has 36 heavy (non-hydrogen) atoms. The van der Waals surface area contributed by atoms with Crippen molar-refractivity contribution >= 4 is 39.0 Å². The number of morpholine rings is 1. The molecule has 1 heterocycles. The van der Waals surface area contributed by atoms with Gasteiger partial charge in [0.1, 0.15) is 16.7 Å². The lowest BCUT2D eigenvalue weighted by molar-refractivity contribution is -0.118. The van der Waals surface area contributed by atoms with E-state index in [1.54, 1.807) is 36.4 Å². The molecular formula is C24H33N5O6S. The van der Waals surface area contributed by atoms with E-state index < -0.39 is 28.0 Å². The van der Waals surface area contributed by atoms with Crippen molar-refractivity contribution in [3.05, 3.63) is 42.5 Å². The fourth-order valence-corrected chi connectivity index (χ4v) is 5.16. The minimum atomic E-state index is -4.04. The highest BCUT2D eigenvalue weighted by atomic mass is 32.2. The molecule has 12 heteroatoms. The van der Waals surface area contributed by atoms with Gasteiger partial charge in [0.05, 0.1) is 26.0 Å². The van der Waals surface area contributed by atoms with Crippen LogP contribution in [0.2, 0.25) is 0 Å². The Morgan fingerprint density at radius 3 is 2.31 bits per heavy atom. The maximum absolute atomic E-state index is 13.5. The number of anilines is 3. The van der Waals surface area contributed by atoms with Crippen LogP contribution in [0, 0.1) is 5.92 Å². The predicted molar refractivity (Wildman–Crippen MR) is 138 cm³/mol. The molecule has 5 N–H and O–H groups in total. The summed E-state index contributed by atoms with van der Waals surface area (Å²) in [5.41, 5.74) is 6.36. The molecule has 2 aromatic carbocycles. The SMILES string of the molecule is COc1ccc(NS(=O)(=O)c2cc(NC(=O)[C@@H](CC(C)C)NC(N)=O)ccc2N2CCOCC2)cc1. The first-order valence-corrected chi connectivity index (χ1v) is 13.1. The van der Waals surface area contributed by atoms with Crippen LogP contribution in [-0.2, 0) is 19.6 Å². The quantitative estimate of drug-likeness (QED) is 0.376. The van der Waals surface area contributed by atoms with Gasteiger partial charge < -0.3 is 30.7 Å². The van der Waals surface area contributed by atoms with E-state index in [0.29, 0.717) is 49.8 Å². The van der Waals surface area contributed by atoms with Crippen LogP contribution in [0.4, 0.5) is 21.9 Å². The van der Waals surface area contributed by atoms with E-state index in [9.17, 15) is 18.0 Å². The van der Waals surface area contributed by atoms with Gasteiger partial charge in [0.25, 0.3) is 10.0 Å². The number of methoxy groups -OCH3 is 1. The molecule has 1 fully saturated rings. The Balaban J connectivity index is 1.93. The van der Waals surface area contributed by atoms with E-state index in [1.807, 2.05) is 18.7 Å². The fourth-order valence-electron chi connectivity index (χ4n) is 3.85. The molecule has 0 aliphatic carbocycles. The molecule has 2 aromatic rings. The lowest BCUT2D eigenvalue weighted by Crippen LogP contribution is -2.46. The minimum Gasteiger partial charge on any atom is -0.497 e. The Bertz CT molecular complexity index is 1160. The van der Waals surface area contributed by atoms with E-state index in [-0.39, 0.29) is 16.5 Å². The number of amides is 3. The Kier molecular flexibility index (Phi) is 8.99. The van der Waals surface area contributed by atoms with E-state index in [0.717, 1.165) is 0 Å². The fraction of sp³-hybridized carbons (Fsp3) is 0.417. The summed E-state index contributed by atoms with van der Waals surface area (Å²) in [6, 6.07) is 9.52. The molecule has 1 aliphatic heterocycles. The van der Waals surface area contributed by atoms with Gasteiger partial charge in [-0.15, -0.1) is 0 Å². The van der Waals surface area contributed by atoms with Gasteiger partial charge in [-0.2, -0.15) is 0 Å². The van der Waals surface area contributed by atoms with Crippen molar-refractivity contribution in [3.8, 4) is 5.75 Å². The summed E-state index contributed by atoms with van der Waals surface area (Å²) in [6.45, 7) is 5.82. The van der Waals surface area contributed by atoms with Crippen LogP contribution in [0.3, 0.4) is 0 Å². The molecule has 1 saturated heterocycles. The predicted octanol–water partition coefficient (Wildman–Crippen LogP) is 2.35. The molecule has 11 nitrogen and oxygen atoms in total. The Morgan fingerprint density at radius 2 is 1.72 bits per heavy atom. The highest BCUT2D eigenvalue weighted by Crippen LogP contribution is 2.31. The first-order valence-electron chi connectivity index (χ1n) is 11.6. The van der Waals surface area contributed by atoms with Gasteiger partial charge in [0.15, 0.2) is 0 Å². The smallest absolute Gasteiger partial charge is 0.312 e. The number of carbonyl (C=O) groups excluding carboxylic acids is 2. The molecule has 1 aliphatic rings. The average molecular weight is 520 g/mol. The second-order valence-electron chi connectivity index (χ2n) is 8.80. The van der Waals surface area contributed by atoms with Crippen LogP contribution in [0.25, 0.3) is 0 Å². The maximum atomic E-state index is 13.5. The van der Waals surface area contributed by atoms with Gasteiger partial charge in [-0.3, -0.25) is 9.52 Å². The molecule has 0 bridgehead atoms. The summed E-state index contributed by atoms with van der Waals surface area (Å²) in [4.78, 5) is 26.2. The van der Waals surface area contributed by atoms with Crippen LogP contribution >= 0.6 is 0 Å². The molecule has 0 spiro atoms. The molecule has 196 valence electrons. The van der Waals surface area contributed by atoms with Crippen LogP contribution in [0.15, 0.2) is 47.4 Å². The first-order chi connectivity index (χ1) is 17.1. The van der Waals surface area contributed by atoms with Crippen molar-refractivity contribution in [2.75, 3.05) is 48.4 Å². The summed E-state index contributed by atoms with van der Waals surface area (Å²) < 4.78 is 40.1. The first kappa shape index (κ1) is 27.1. The molecule has 1 atom stereocenters. The van der Waals surface area contributed by atoms with Crippen molar-refractivity contribution < 1.29 is 27.5 Å². The number of hydrogen-bond donors (Lipinski definition) is 4. The van der Waals surface area contributed by atoms with Crippen molar-refractivity contribution in [2.45, 2.75) is 31.2 Å². The number of hydrogen-bond acceptors (Lipinski definition) is 7. The van der Waals surface area contributed by atoms with Gasteiger partial charge >= 0.3 is 6.03 Å². The number of nitrogens with one attached hydrogen (secondary N) is 3. The van der Waals surface area contributed by atoms with Gasteiger partial charge in [-0.25, -0.2) is 13.2 Å². The summed E-state index contributed by atoms with van der Waals surface area (Å²) in [7, 11) is -2.52. The number of urea groups is 1. The zero-order valence-electron chi connectivity index (χ0n) is 20.6. The van der Waals surface area contributed by atoms with Gasteiger partial charge in [0.2, 0.25) is 5.91 Å². The minimum absolute atomic E-state index is 0.00119. The van der Waals surface area contributed by atoms with Crippen molar-refractivity contribution in [1.29, 1.82) is 0 Å². The van der Waals surface area contributed by atoms with Gasteiger partial charge in [0, 0.05) is 24.5 Å². The average Bonchev–Trinajstić information content (AvgIpc) is 2.84. The van der Waals surface area contributed by atoms with Crippen LogP contribution < -0.4 is 30.7 Å². The summed E-state index contributed by atoms with van der Waals surface area (Å²) >= 11 is 0. The number of primary amides is 1. The Labute approximate surface area is 211 Å². The zero-order chi connectivity index (χ0) is 26.3.